The Labute approximate surface area is 120 Å². The van der Waals surface area contributed by atoms with E-state index in [9.17, 15) is 0 Å². The lowest BCUT2D eigenvalue weighted by molar-refractivity contribution is -0.0339. The fourth-order valence-corrected chi connectivity index (χ4v) is 3.09. The quantitative estimate of drug-likeness (QED) is 0.858. The first-order valence-corrected chi connectivity index (χ1v) is 7.82. The van der Waals surface area contributed by atoms with Gasteiger partial charge in [0.1, 0.15) is 11.1 Å². The second-order valence-electron chi connectivity index (χ2n) is 5.29. The SMILES string of the molecule is c1csc([C@@H]2CN(Cc3noc(C4CC4)n3)CCO2)n1. The minimum absolute atomic E-state index is 0.0681. The monoisotopic (exact) mass is 292 g/mol. The van der Waals surface area contributed by atoms with Gasteiger partial charge >= 0.3 is 0 Å². The largest absolute Gasteiger partial charge is 0.368 e. The van der Waals surface area contributed by atoms with E-state index in [-0.39, 0.29) is 6.10 Å². The molecule has 3 heterocycles. The summed E-state index contributed by atoms with van der Waals surface area (Å²) in [6, 6.07) is 0. The first-order valence-electron chi connectivity index (χ1n) is 6.94. The number of aromatic nitrogens is 3. The van der Waals surface area contributed by atoms with Crippen LogP contribution in [-0.2, 0) is 11.3 Å². The molecule has 0 N–H and O–H groups in total. The standard InChI is InChI=1S/C13H16N4O2S/c1-2-9(1)12-15-11(16-19-12)8-17-4-5-18-10(7-17)13-14-3-6-20-13/h3,6,9-10H,1-2,4-5,7-8H2/t10-/m0/s1. The maximum Gasteiger partial charge on any atom is 0.229 e. The van der Waals surface area contributed by atoms with Gasteiger partial charge in [-0.1, -0.05) is 5.16 Å². The van der Waals surface area contributed by atoms with Gasteiger partial charge < -0.3 is 9.26 Å². The lowest BCUT2D eigenvalue weighted by Gasteiger charge is -2.30. The molecular formula is C13H16N4O2S. The molecule has 7 heteroatoms. The van der Waals surface area contributed by atoms with Gasteiger partial charge in [0.05, 0.1) is 13.2 Å². The highest BCUT2D eigenvalue weighted by atomic mass is 32.1. The van der Waals surface area contributed by atoms with Crippen molar-refractivity contribution in [2.24, 2.45) is 0 Å². The Hall–Kier alpha value is -1.31. The number of rotatable bonds is 4. The van der Waals surface area contributed by atoms with Crippen LogP contribution in [0.4, 0.5) is 0 Å². The Balaban J connectivity index is 1.40. The molecular weight excluding hydrogens is 276 g/mol. The zero-order valence-electron chi connectivity index (χ0n) is 11.1. The third-order valence-electron chi connectivity index (χ3n) is 3.65. The van der Waals surface area contributed by atoms with E-state index in [2.05, 4.69) is 20.0 Å². The van der Waals surface area contributed by atoms with Crippen molar-refractivity contribution in [3.05, 3.63) is 28.3 Å². The molecule has 2 aromatic rings. The third kappa shape index (κ3) is 2.61. The Bertz CT molecular complexity index is 567. The van der Waals surface area contributed by atoms with Crippen LogP contribution in [0.2, 0.25) is 0 Å². The van der Waals surface area contributed by atoms with Crippen LogP contribution < -0.4 is 0 Å². The van der Waals surface area contributed by atoms with E-state index >= 15 is 0 Å². The molecule has 0 radical (unpaired) electrons. The topological polar surface area (TPSA) is 64.3 Å². The molecule has 0 aromatic carbocycles. The smallest absolute Gasteiger partial charge is 0.229 e. The summed E-state index contributed by atoms with van der Waals surface area (Å²) in [5.41, 5.74) is 0. The Morgan fingerprint density at radius 1 is 1.40 bits per heavy atom. The number of ether oxygens (including phenoxy) is 1. The molecule has 1 aliphatic heterocycles. The average molecular weight is 292 g/mol. The summed E-state index contributed by atoms with van der Waals surface area (Å²) in [4.78, 5) is 11.1. The minimum Gasteiger partial charge on any atom is -0.368 e. The van der Waals surface area contributed by atoms with E-state index in [4.69, 9.17) is 9.26 Å². The van der Waals surface area contributed by atoms with E-state index < -0.39 is 0 Å². The molecule has 106 valence electrons. The molecule has 4 rings (SSSR count). The van der Waals surface area contributed by atoms with Crippen LogP contribution in [-0.4, -0.2) is 39.7 Å². The summed E-state index contributed by atoms with van der Waals surface area (Å²) in [7, 11) is 0. The predicted octanol–water partition coefficient (Wildman–Crippen LogP) is 1.98. The fourth-order valence-electron chi connectivity index (χ4n) is 2.42. The zero-order chi connectivity index (χ0) is 13.4. The second-order valence-corrected chi connectivity index (χ2v) is 6.21. The number of hydrogen-bond donors (Lipinski definition) is 0. The molecule has 0 unspecified atom stereocenters. The molecule has 20 heavy (non-hydrogen) atoms. The second kappa shape index (κ2) is 5.23. The van der Waals surface area contributed by atoms with Gasteiger partial charge in [-0.15, -0.1) is 11.3 Å². The molecule has 6 nitrogen and oxygen atoms in total. The summed E-state index contributed by atoms with van der Waals surface area (Å²) < 4.78 is 11.1. The maximum absolute atomic E-state index is 5.79. The molecule has 0 spiro atoms. The van der Waals surface area contributed by atoms with E-state index in [1.807, 2.05) is 11.6 Å². The van der Waals surface area contributed by atoms with Crippen LogP contribution in [0.5, 0.6) is 0 Å². The fraction of sp³-hybridized carbons (Fsp3) is 0.615. The van der Waals surface area contributed by atoms with E-state index in [1.165, 1.54) is 12.8 Å². The van der Waals surface area contributed by atoms with Crippen LogP contribution in [0.25, 0.3) is 0 Å². The summed E-state index contributed by atoms with van der Waals surface area (Å²) in [5, 5.41) is 7.11. The number of thiazole rings is 1. The first kappa shape index (κ1) is 12.4. The van der Waals surface area contributed by atoms with E-state index in [0.717, 1.165) is 43.0 Å². The van der Waals surface area contributed by atoms with E-state index in [0.29, 0.717) is 5.92 Å². The van der Waals surface area contributed by atoms with Crippen LogP contribution in [0.3, 0.4) is 0 Å². The van der Waals surface area contributed by atoms with Crippen molar-refractivity contribution in [2.75, 3.05) is 19.7 Å². The number of morpholine rings is 1. The van der Waals surface area contributed by atoms with Crippen molar-refractivity contribution in [1.82, 2.24) is 20.0 Å². The van der Waals surface area contributed by atoms with Crippen LogP contribution in [0.1, 0.15) is 41.6 Å². The van der Waals surface area contributed by atoms with Gasteiger partial charge in [-0.25, -0.2) is 4.98 Å². The molecule has 1 saturated carbocycles. The van der Waals surface area contributed by atoms with Crippen molar-refractivity contribution in [1.29, 1.82) is 0 Å². The molecule has 0 amide bonds. The Kier molecular flexibility index (Phi) is 3.25. The van der Waals surface area contributed by atoms with Gasteiger partial charge in [0.2, 0.25) is 5.89 Å². The number of hydrogen-bond acceptors (Lipinski definition) is 7. The molecule has 2 aromatic heterocycles. The Morgan fingerprint density at radius 3 is 3.15 bits per heavy atom. The van der Waals surface area contributed by atoms with Crippen molar-refractivity contribution in [3.63, 3.8) is 0 Å². The van der Waals surface area contributed by atoms with Crippen LogP contribution in [0, 0.1) is 0 Å². The van der Waals surface area contributed by atoms with Gasteiger partial charge in [0.25, 0.3) is 0 Å². The van der Waals surface area contributed by atoms with Crippen molar-refractivity contribution < 1.29 is 9.26 Å². The molecule has 2 fully saturated rings. The molecule has 2 aliphatic rings. The minimum atomic E-state index is 0.0681. The van der Waals surface area contributed by atoms with Gasteiger partial charge in [-0.05, 0) is 12.8 Å². The first-order chi connectivity index (χ1) is 9.88. The summed E-state index contributed by atoms with van der Waals surface area (Å²) in [6.45, 7) is 3.18. The van der Waals surface area contributed by atoms with Crippen LogP contribution >= 0.6 is 11.3 Å². The molecule has 1 saturated heterocycles. The average Bonchev–Trinajstić information content (AvgIpc) is 3.00. The van der Waals surface area contributed by atoms with Gasteiger partial charge in [-0.2, -0.15) is 4.98 Å². The normalized spacial score (nSPS) is 24.1. The van der Waals surface area contributed by atoms with Crippen LogP contribution in [0.15, 0.2) is 16.1 Å². The van der Waals surface area contributed by atoms with Crippen molar-refractivity contribution in [3.8, 4) is 0 Å². The maximum atomic E-state index is 5.79. The highest BCUT2D eigenvalue weighted by Crippen LogP contribution is 2.38. The highest BCUT2D eigenvalue weighted by molar-refractivity contribution is 7.09. The van der Waals surface area contributed by atoms with E-state index in [1.54, 1.807) is 11.3 Å². The van der Waals surface area contributed by atoms with Crippen molar-refractivity contribution in [2.45, 2.75) is 31.4 Å². The molecule has 1 atom stereocenters. The van der Waals surface area contributed by atoms with Crippen molar-refractivity contribution >= 4 is 11.3 Å². The summed E-state index contributed by atoms with van der Waals surface area (Å²) >= 11 is 1.64. The number of nitrogens with zero attached hydrogens (tertiary/aromatic N) is 4. The third-order valence-corrected chi connectivity index (χ3v) is 4.52. The highest BCUT2D eigenvalue weighted by Gasteiger charge is 2.30. The lowest BCUT2D eigenvalue weighted by Crippen LogP contribution is -2.38. The van der Waals surface area contributed by atoms with Gasteiger partial charge in [0, 0.05) is 30.6 Å². The predicted molar refractivity (Wildman–Crippen MR) is 72.4 cm³/mol. The summed E-state index contributed by atoms with van der Waals surface area (Å²) in [6.07, 6.45) is 4.26. The van der Waals surface area contributed by atoms with Gasteiger partial charge in [0.15, 0.2) is 5.82 Å². The van der Waals surface area contributed by atoms with Gasteiger partial charge in [-0.3, -0.25) is 4.90 Å². The Morgan fingerprint density at radius 2 is 2.35 bits per heavy atom. The zero-order valence-corrected chi connectivity index (χ0v) is 11.9. The summed E-state index contributed by atoms with van der Waals surface area (Å²) in [5.74, 6) is 2.11. The molecule has 1 aliphatic carbocycles. The molecule has 0 bridgehead atoms. The lowest BCUT2D eigenvalue weighted by atomic mass is 10.3.